The molecule has 0 aliphatic rings. The quantitative estimate of drug-likeness (QED) is 0.587. The van der Waals surface area contributed by atoms with E-state index in [-0.39, 0.29) is 17.1 Å². The van der Waals surface area contributed by atoms with Crippen LogP contribution >= 0.6 is 23.2 Å². The largest absolute Gasteiger partial charge is 0.496 e. The van der Waals surface area contributed by atoms with E-state index < -0.39 is 22.6 Å². The third-order valence-corrected chi connectivity index (χ3v) is 3.54. The van der Waals surface area contributed by atoms with Gasteiger partial charge in [-0.15, -0.1) is 0 Å². The zero-order valence-corrected chi connectivity index (χ0v) is 13.3. The molecule has 1 unspecified atom stereocenters. The van der Waals surface area contributed by atoms with Gasteiger partial charge >= 0.3 is 12.1 Å². The minimum absolute atomic E-state index is 0.0134. The first kappa shape index (κ1) is 18.7. The number of hydrogen-bond acceptors (Lipinski definition) is 4. The molecule has 0 N–H and O–H groups in total. The van der Waals surface area contributed by atoms with Crippen molar-refractivity contribution >= 4 is 29.2 Å². The van der Waals surface area contributed by atoms with Crippen molar-refractivity contribution in [1.82, 2.24) is 0 Å². The van der Waals surface area contributed by atoms with Gasteiger partial charge in [0.15, 0.2) is 6.10 Å². The van der Waals surface area contributed by atoms with Gasteiger partial charge in [0.2, 0.25) is 0 Å². The van der Waals surface area contributed by atoms with Crippen LogP contribution in [0.4, 0.5) is 13.2 Å². The fraction of sp³-hybridized carbons (Fsp3) is 0.462. The zero-order valence-electron chi connectivity index (χ0n) is 11.8. The molecule has 0 spiro atoms. The van der Waals surface area contributed by atoms with Crippen LogP contribution < -0.4 is 9.47 Å². The minimum atomic E-state index is -5.07. The smallest absolute Gasteiger partial charge is 0.425 e. The Morgan fingerprint density at radius 1 is 1.14 bits per heavy atom. The summed E-state index contributed by atoms with van der Waals surface area (Å²) in [6, 6.07) is 4.23. The van der Waals surface area contributed by atoms with E-state index >= 15 is 0 Å². The van der Waals surface area contributed by atoms with Crippen molar-refractivity contribution in [3.63, 3.8) is 0 Å². The van der Waals surface area contributed by atoms with E-state index in [4.69, 9.17) is 37.4 Å². The third kappa shape index (κ3) is 3.70. The summed E-state index contributed by atoms with van der Waals surface area (Å²) in [5, 5.41) is 0. The van der Waals surface area contributed by atoms with Gasteiger partial charge in [-0.3, -0.25) is 4.79 Å². The summed E-state index contributed by atoms with van der Waals surface area (Å²) in [6.45, 7) is 0.940. The maximum Gasteiger partial charge on any atom is 0.425 e. The summed E-state index contributed by atoms with van der Waals surface area (Å²) in [5.41, 5.74) is -0.218. The van der Waals surface area contributed by atoms with Crippen LogP contribution in [0.3, 0.4) is 0 Å². The normalized spacial score (nSPS) is 13.5. The van der Waals surface area contributed by atoms with Crippen LogP contribution in [0.25, 0.3) is 0 Å². The Morgan fingerprint density at radius 2 is 1.59 bits per heavy atom. The number of rotatable bonds is 5. The first-order valence-corrected chi connectivity index (χ1v) is 6.64. The van der Waals surface area contributed by atoms with Gasteiger partial charge in [0.1, 0.15) is 11.5 Å². The molecule has 22 heavy (non-hydrogen) atoms. The Morgan fingerprint density at radius 3 is 1.91 bits per heavy atom. The van der Waals surface area contributed by atoms with Crippen molar-refractivity contribution in [1.29, 1.82) is 0 Å². The van der Waals surface area contributed by atoms with E-state index in [2.05, 4.69) is 0 Å². The highest BCUT2D eigenvalue weighted by Crippen LogP contribution is 2.53. The third-order valence-electron chi connectivity index (χ3n) is 2.72. The molecule has 1 aromatic carbocycles. The first-order chi connectivity index (χ1) is 10.1. The summed E-state index contributed by atoms with van der Waals surface area (Å²) in [4.78, 5) is 11.2. The van der Waals surface area contributed by atoms with E-state index in [0.29, 0.717) is 0 Å². The van der Waals surface area contributed by atoms with Gasteiger partial charge in [-0.2, -0.15) is 13.2 Å². The van der Waals surface area contributed by atoms with Crippen molar-refractivity contribution in [2.75, 3.05) is 14.2 Å². The predicted octanol–water partition coefficient (Wildman–Crippen LogP) is 4.04. The lowest BCUT2D eigenvalue weighted by atomic mass is 10.0. The molecule has 1 atom stereocenters. The van der Waals surface area contributed by atoms with Gasteiger partial charge in [0, 0.05) is 6.92 Å². The van der Waals surface area contributed by atoms with Gasteiger partial charge in [-0.25, -0.2) is 0 Å². The number of esters is 1. The lowest BCUT2D eigenvalue weighted by molar-refractivity contribution is -0.178. The van der Waals surface area contributed by atoms with Crippen molar-refractivity contribution < 1.29 is 32.2 Å². The summed E-state index contributed by atoms with van der Waals surface area (Å²) in [5.74, 6) is -1.02. The number of halogens is 5. The van der Waals surface area contributed by atoms with Crippen LogP contribution in [0.2, 0.25) is 0 Å². The molecular weight excluding hydrogens is 348 g/mol. The van der Waals surface area contributed by atoms with Gasteiger partial charge in [0.25, 0.3) is 4.33 Å². The number of carbonyl (C=O) groups is 1. The predicted molar refractivity (Wildman–Crippen MR) is 74.5 cm³/mol. The van der Waals surface area contributed by atoms with Crippen molar-refractivity contribution in [3.8, 4) is 11.5 Å². The molecule has 0 aliphatic carbocycles. The van der Waals surface area contributed by atoms with Crippen molar-refractivity contribution in [2.45, 2.75) is 23.5 Å². The number of carbonyl (C=O) groups excluding carboxylic acids is 1. The molecular formula is C13H13Cl2F3O4. The summed E-state index contributed by atoms with van der Waals surface area (Å²) >= 11 is 10.9. The molecule has 0 aromatic heterocycles. The molecule has 0 saturated carbocycles. The van der Waals surface area contributed by atoms with Crippen molar-refractivity contribution in [3.05, 3.63) is 23.8 Å². The van der Waals surface area contributed by atoms with Crippen LogP contribution in [0.5, 0.6) is 11.5 Å². The molecule has 0 fully saturated rings. The maximum atomic E-state index is 13.2. The number of hydrogen-bond donors (Lipinski definition) is 0. The van der Waals surface area contributed by atoms with Gasteiger partial charge in [0.05, 0.1) is 19.8 Å². The Hall–Kier alpha value is -1.34. The summed E-state index contributed by atoms with van der Waals surface area (Å²) in [6.07, 6.45) is -7.14. The summed E-state index contributed by atoms with van der Waals surface area (Å²) in [7, 11) is 2.47. The highest BCUT2D eigenvalue weighted by atomic mass is 35.5. The van der Waals surface area contributed by atoms with Crippen LogP contribution in [0, 0.1) is 0 Å². The molecule has 0 heterocycles. The average molecular weight is 361 g/mol. The highest BCUT2D eigenvalue weighted by Gasteiger charge is 2.61. The second-order valence-corrected chi connectivity index (χ2v) is 5.57. The fourth-order valence-corrected chi connectivity index (χ4v) is 2.07. The Kier molecular flexibility index (Phi) is 5.81. The molecule has 0 saturated heterocycles. The lowest BCUT2D eigenvalue weighted by Crippen LogP contribution is -2.42. The molecule has 124 valence electrons. The Bertz CT molecular complexity index is 524. The molecule has 0 amide bonds. The zero-order chi connectivity index (χ0) is 17.1. The molecule has 1 aromatic rings. The first-order valence-electron chi connectivity index (χ1n) is 5.88. The van der Waals surface area contributed by atoms with E-state index in [9.17, 15) is 18.0 Å². The van der Waals surface area contributed by atoms with Crippen molar-refractivity contribution in [2.24, 2.45) is 0 Å². The van der Waals surface area contributed by atoms with Crippen LogP contribution in [0.1, 0.15) is 18.6 Å². The fourth-order valence-electron chi connectivity index (χ4n) is 1.77. The van der Waals surface area contributed by atoms with Gasteiger partial charge in [-0.1, -0.05) is 29.3 Å². The van der Waals surface area contributed by atoms with E-state index in [1.165, 1.54) is 32.4 Å². The number of benzene rings is 1. The Labute approximate surface area is 135 Å². The van der Waals surface area contributed by atoms with Crippen LogP contribution in [-0.4, -0.2) is 30.7 Å². The maximum absolute atomic E-state index is 13.2. The van der Waals surface area contributed by atoms with Crippen LogP contribution in [-0.2, 0) is 9.53 Å². The second-order valence-electron chi connectivity index (χ2n) is 4.19. The molecule has 0 aliphatic heterocycles. The molecule has 0 bridgehead atoms. The SMILES string of the molecule is COc1cccc(OC)c1C(OC(C)=O)C(Cl)(Cl)C(F)(F)F. The second kappa shape index (κ2) is 6.83. The van der Waals surface area contributed by atoms with E-state index in [0.717, 1.165) is 6.92 Å². The minimum Gasteiger partial charge on any atom is -0.496 e. The highest BCUT2D eigenvalue weighted by molar-refractivity contribution is 6.49. The van der Waals surface area contributed by atoms with E-state index in [1.54, 1.807) is 0 Å². The number of alkyl halides is 5. The van der Waals surface area contributed by atoms with Crippen LogP contribution in [0.15, 0.2) is 18.2 Å². The number of ether oxygens (including phenoxy) is 3. The molecule has 0 radical (unpaired) electrons. The van der Waals surface area contributed by atoms with E-state index in [1.807, 2.05) is 0 Å². The average Bonchev–Trinajstić information content (AvgIpc) is 2.42. The lowest BCUT2D eigenvalue weighted by Gasteiger charge is -2.32. The molecule has 9 heteroatoms. The molecule has 4 nitrogen and oxygen atoms in total. The molecule has 1 rings (SSSR count). The topological polar surface area (TPSA) is 44.8 Å². The monoisotopic (exact) mass is 360 g/mol. The number of methoxy groups -OCH3 is 2. The van der Waals surface area contributed by atoms with Gasteiger partial charge in [-0.05, 0) is 12.1 Å². The standard InChI is InChI=1S/C13H13Cl2F3O4/c1-7(19)22-11(12(14,15)13(16,17)18)10-8(20-2)5-4-6-9(10)21-3/h4-6,11H,1-3H3. The Balaban J connectivity index is 3.57. The van der Waals surface area contributed by atoms with Gasteiger partial charge < -0.3 is 14.2 Å². The summed E-state index contributed by atoms with van der Waals surface area (Å²) < 4.78 is 50.8.